The fraction of sp³-hybridized carbons (Fsp3) is 0.588. The van der Waals surface area contributed by atoms with Crippen molar-refractivity contribution < 1.29 is 18.0 Å². The van der Waals surface area contributed by atoms with Crippen molar-refractivity contribution >= 4 is 18.3 Å². The van der Waals surface area contributed by atoms with Crippen LogP contribution < -0.4 is 11.1 Å². The van der Waals surface area contributed by atoms with Gasteiger partial charge in [0, 0.05) is 12.0 Å². The molecule has 1 aromatic carbocycles. The standard InChI is InChI=1S/C17H23F3N2O.ClH/c1-11(22-16(23)15-4-2-3-13(15)10-21)9-12-5-7-14(8-6-12)17(18,19)20;/h5-8,11,13,15H,2-4,9-10,21H2,1H3,(H,22,23);1H/t11?,13-,15-;/m1./s1. The first-order valence-electron chi connectivity index (χ1n) is 7.98. The minimum Gasteiger partial charge on any atom is -0.353 e. The number of carbonyl (C=O) groups excluding carboxylic acids is 1. The third-order valence-electron chi connectivity index (χ3n) is 4.51. The molecule has 1 amide bonds. The number of alkyl halides is 3. The van der Waals surface area contributed by atoms with Crippen LogP contribution in [-0.2, 0) is 17.4 Å². The summed E-state index contributed by atoms with van der Waals surface area (Å²) >= 11 is 0. The van der Waals surface area contributed by atoms with Crippen molar-refractivity contribution in [2.24, 2.45) is 17.6 Å². The van der Waals surface area contributed by atoms with Gasteiger partial charge in [0.05, 0.1) is 5.56 Å². The molecule has 1 saturated carbocycles. The van der Waals surface area contributed by atoms with Crippen LogP contribution in [-0.4, -0.2) is 18.5 Å². The van der Waals surface area contributed by atoms with Gasteiger partial charge in [-0.1, -0.05) is 18.6 Å². The fourth-order valence-electron chi connectivity index (χ4n) is 3.25. The summed E-state index contributed by atoms with van der Waals surface area (Å²) in [7, 11) is 0. The first-order valence-corrected chi connectivity index (χ1v) is 7.98. The molecule has 0 aromatic heterocycles. The zero-order valence-corrected chi connectivity index (χ0v) is 14.4. The molecule has 7 heteroatoms. The Balaban J connectivity index is 0.00000288. The number of nitrogens with one attached hydrogen (secondary N) is 1. The largest absolute Gasteiger partial charge is 0.416 e. The highest BCUT2D eigenvalue weighted by Crippen LogP contribution is 2.31. The lowest BCUT2D eigenvalue weighted by Gasteiger charge is -2.21. The van der Waals surface area contributed by atoms with E-state index in [-0.39, 0.29) is 36.2 Å². The normalized spacial score (nSPS) is 21.9. The zero-order valence-electron chi connectivity index (χ0n) is 13.6. The maximum atomic E-state index is 12.5. The maximum absolute atomic E-state index is 12.5. The van der Waals surface area contributed by atoms with Gasteiger partial charge >= 0.3 is 6.18 Å². The molecule has 1 aliphatic rings. The van der Waals surface area contributed by atoms with Crippen LogP contribution in [0.2, 0.25) is 0 Å². The van der Waals surface area contributed by atoms with Crippen molar-refractivity contribution in [3.63, 3.8) is 0 Å². The van der Waals surface area contributed by atoms with Crippen LogP contribution in [0.25, 0.3) is 0 Å². The molecule has 24 heavy (non-hydrogen) atoms. The molecule has 1 unspecified atom stereocenters. The first kappa shape index (κ1) is 20.8. The topological polar surface area (TPSA) is 55.1 Å². The van der Waals surface area contributed by atoms with Crippen molar-refractivity contribution in [1.29, 1.82) is 0 Å². The Morgan fingerprint density at radius 3 is 2.46 bits per heavy atom. The molecule has 2 rings (SSSR count). The minimum atomic E-state index is -4.32. The van der Waals surface area contributed by atoms with Crippen molar-refractivity contribution in [3.8, 4) is 0 Å². The Labute approximate surface area is 146 Å². The van der Waals surface area contributed by atoms with Gasteiger partial charge < -0.3 is 11.1 Å². The van der Waals surface area contributed by atoms with Gasteiger partial charge in [-0.2, -0.15) is 13.2 Å². The number of amides is 1. The summed E-state index contributed by atoms with van der Waals surface area (Å²) in [6.45, 7) is 2.38. The molecule has 0 radical (unpaired) electrons. The quantitative estimate of drug-likeness (QED) is 0.839. The van der Waals surface area contributed by atoms with E-state index in [1.165, 1.54) is 12.1 Å². The van der Waals surface area contributed by atoms with Gasteiger partial charge in [-0.25, -0.2) is 0 Å². The van der Waals surface area contributed by atoms with Gasteiger partial charge in [0.2, 0.25) is 5.91 Å². The van der Waals surface area contributed by atoms with E-state index in [2.05, 4.69) is 5.32 Å². The van der Waals surface area contributed by atoms with E-state index in [9.17, 15) is 18.0 Å². The SMILES string of the molecule is CC(Cc1ccc(C(F)(F)F)cc1)NC(=O)[C@@H]1CCC[C@@H]1CN.Cl. The monoisotopic (exact) mass is 364 g/mol. The first-order chi connectivity index (χ1) is 10.8. The third-order valence-corrected chi connectivity index (χ3v) is 4.51. The van der Waals surface area contributed by atoms with Crippen LogP contribution in [0.1, 0.15) is 37.3 Å². The van der Waals surface area contributed by atoms with Crippen molar-refractivity contribution in [2.75, 3.05) is 6.54 Å². The molecule has 1 fully saturated rings. The summed E-state index contributed by atoms with van der Waals surface area (Å²) in [4.78, 5) is 12.3. The van der Waals surface area contributed by atoms with Gasteiger partial charge in [-0.3, -0.25) is 4.79 Å². The Hall–Kier alpha value is -1.27. The molecule has 1 aliphatic carbocycles. The molecule has 1 aromatic rings. The summed E-state index contributed by atoms with van der Waals surface area (Å²) in [6.07, 6.45) is -0.947. The van der Waals surface area contributed by atoms with Gasteiger partial charge in [0.1, 0.15) is 0 Å². The number of halogens is 4. The van der Waals surface area contributed by atoms with Crippen LogP contribution in [0.5, 0.6) is 0 Å². The molecule has 3 N–H and O–H groups in total. The second kappa shape index (κ2) is 8.72. The zero-order chi connectivity index (χ0) is 17.0. The van der Waals surface area contributed by atoms with Crippen molar-refractivity contribution in [2.45, 2.75) is 44.8 Å². The molecule has 0 spiro atoms. The number of rotatable bonds is 5. The van der Waals surface area contributed by atoms with Crippen LogP contribution in [0.3, 0.4) is 0 Å². The molecule has 136 valence electrons. The molecule has 0 heterocycles. The number of benzene rings is 1. The Morgan fingerprint density at radius 1 is 1.29 bits per heavy atom. The Bertz CT molecular complexity index is 534. The molecule has 3 atom stereocenters. The van der Waals surface area contributed by atoms with E-state index in [1.54, 1.807) is 0 Å². The molecule has 0 aliphatic heterocycles. The molecular weight excluding hydrogens is 341 g/mol. The lowest BCUT2D eigenvalue weighted by atomic mass is 9.94. The van der Waals surface area contributed by atoms with Crippen LogP contribution in [0, 0.1) is 11.8 Å². The highest BCUT2D eigenvalue weighted by Gasteiger charge is 2.32. The predicted molar refractivity (Wildman–Crippen MR) is 89.9 cm³/mol. The number of hydrogen-bond acceptors (Lipinski definition) is 2. The van der Waals surface area contributed by atoms with E-state index in [4.69, 9.17) is 5.73 Å². The average Bonchev–Trinajstić information content (AvgIpc) is 2.95. The number of hydrogen-bond donors (Lipinski definition) is 2. The van der Waals surface area contributed by atoms with Gasteiger partial charge in [-0.05, 0) is 56.3 Å². The van der Waals surface area contributed by atoms with Gasteiger partial charge in [0.25, 0.3) is 0 Å². The van der Waals surface area contributed by atoms with Crippen LogP contribution in [0.15, 0.2) is 24.3 Å². The summed E-state index contributed by atoms with van der Waals surface area (Å²) in [5.41, 5.74) is 5.81. The fourth-order valence-corrected chi connectivity index (χ4v) is 3.25. The Kier molecular flexibility index (Phi) is 7.55. The highest BCUT2D eigenvalue weighted by atomic mass is 35.5. The van der Waals surface area contributed by atoms with E-state index in [0.29, 0.717) is 13.0 Å². The lowest BCUT2D eigenvalue weighted by Crippen LogP contribution is -2.40. The predicted octanol–water partition coefficient (Wildman–Crippen LogP) is 3.55. The summed E-state index contributed by atoms with van der Waals surface area (Å²) in [6, 6.07) is 4.95. The minimum absolute atomic E-state index is 0. The van der Waals surface area contributed by atoms with Gasteiger partial charge in [-0.15, -0.1) is 12.4 Å². The highest BCUT2D eigenvalue weighted by molar-refractivity contribution is 5.85. The second-order valence-electron chi connectivity index (χ2n) is 6.34. The molecular formula is C17H24ClF3N2O. The average molecular weight is 365 g/mol. The van der Waals surface area contributed by atoms with E-state index >= 15 is 0 Å². The Morgan fingerprint density at radius 2 is 1.92 bits per heavy atom. The second-order valence-corrected chi connectivity index (χ2v) is 6.34. The molecule has 0 saturated heterocycles. The van der Waals surface area contributed by atoms with E-state index in [0.717, 1.165) is 37.0 Å². The van der Waals surface area contributed by atoms with E-state index in [1.807, 2.05) is 6.92 Å². The van der Waals surface area contributed by atoms with Gasteiger partial charge in [0.15, 0.2) is 0 Å². The van der Waals surface area contributed by atoms with E-state index < -0.39 is 11.7 Å². The molecule has 3 nitrogen and oxygen atoms in total. The van der Waals surface area contributed by atoms with Crippen molar-refractivity contribution in [3.05, 3.63) is 35.4 Å². The summed E-state index contributed by atoms with van der Waals surface area (Å²) in [5.74, 6) is 0.223. The van der Waals surface area contributed by atoms with Crippen LogP contribution in [0.4, 0.5) is 13.2 Å². The summed E-state index contributed by atoms with van der Waals surface area (Å²) < 4.78 is 37.6. The van der Waals surface area contributed by atoms with Crippen LogP contribution >= 0.6 is 12.4 Å². The molecule has 0 bridgehead atoms. The maximum Gasteiger partial charge on any atom is 0.416 e. The smallest absolute Gasteiger partial charge is 0.353 e. The lowest BCUT2D eigenvalue weighted by molar-refractivity contribution is -0.137. The third kappa shape index (κ3) is 5.38. The number of carbonyl (C=O) groups is 1. The number of nitrogens with two attached hydrogens (primary N) is 1. The summed E-state index contributed by atoms with van der Waals surface area (Å²) in [5, 5.41) is 2.96. The van der Waals surface area contributed by atoms with Crippen molar-refractivity contribution in [1.82, 2.24) is 5.32 Å².